The molecule has 5 heteroatoms. The molecule has 0 aliphatic carbocycles. The van der Waals surface area contributed by atoms with Crippen molar-refractivity contribution in [2.75, 3.05) is 14.2 Å². The topological polar surface area (TPSA) is 48.4 Å². The standard InChI is InChI=1S/C14H11NO3S/c1-17-12-9(14(16)18-2)7-15-11-8-5-3-4-6-10(8)19-13(11)12/h3-7H,1-2H3. The first-order valence-corrected chi connectivity index (χ1v) is 6.50. The number of methoxy groups -OCH3 is 2. The second kappa shape index (κ2) is 4.51. The molecule has 2 heterocycles. The van der Waals surface area contributed by atoms with Crippen LogP contribution >= 0.6 is 11.3 Å². The largest absolute Gasteiger partial charge is 0.494 e. The highest BCUT2D eigenvalue weighted by Gasteiger charge is 2.19. The summed E-state index contributed by atoms with van der Waals surface area (Å²) in [7, 11) is 2.89. The van der Waals surface area contributed by atoms with Crippen molar-refractivity contribution in [3.63, 3.8) is 0 Å². The normalized spacial score (nSPS) is 10.8. The molecule has 3 rings (SSSR count). The zero-order valence-corrected chi connectivity index (χ0v) is 11.3. The summed E-state index contributed by atoms with van der Waals surface area (Å²) >= 11 is 1.56. The van der Waals surface area contributed by atoms with Crippen LogP contribution in [0.15, 0.2) is 30.5 Å². The molecule has 1 aromatic carbocycles. The number of thiophene rings is 1. The molecule has 3 aromatic rings. The number of esters is 1. The van der Waals surface area contributed by atoms with Crippen molar-refractivity contribution >= 4 is 37.6 Å². The molecule has 96 valence electrons. The zero-order valence-electron chi connectivity index (χ0n) is 10.5. The molecular weight excluding hydrogens is 262 g/mol. The van der Waals surface area contributed by atoms with Gasteiger partial charge in [-0.05, 0) is 6.07 Å². The van der Waals surface area contributed by atoms with Crippen molar-refractivity contribution in [2.24, 2.45) is 0 Å². The second-order valence-corrected chi connectivity index (χ2v) is 5.02. The van der Waals surface area contributed by atoms with Crippen LogP contribution < -0.4 is 4.74 Å². The quantitative estimate of drug-likeness (QED) is 0.672. The van der Waals surface area contributed by atoms with E-state index < -0.39 is 5.97 Å². The number of nitrogens with zero attached hydrogens (tertiary/aromatic N) is 1. The molecule has 0 saturated carbocycles. The molecule has 0 fully saturated rings. The first-order valence-electron chi connectivity index (χ1n) is 5.68. The maximum absolute atomic E-state index is 11.7. The maximum atomic E-state index is 11.7. The molecule has 0 atom stereocenters. The van der Waals surface area contributed by atoms with E-state index in [-0.39, 0.29) is 0 Å². The van der Waals surface area contributed by atoms with Crippen LogP contribution in [0.4, 0.5) is 0 Å². The molecule has 0 bridgehead atoms. The predicted octanol–water partition coefficient (Wildman–Crippen LogP) is 3.24. The van der Waals surface area contributed by atoms with Gasteiger partial charge < -0.3 is 9.47 Å². The van der Waals surface area contributed by atoms with Gasteiger partial charge in [-0.25, -0.2) is 4.79 Å². The Hall–Kier alpha value is -2.14. The summed E-state index contributed by atoms with van der Waals surface area (Å²) in [5.41, 5.74) is 1.20. The van der Waals surface area contributed by atoms with Crippen LogP contribution in [0, 0.1) is 0 Å². The number of fused-ring (bicyclic) bond motifs is 3. The molecule has 0 aliphatic rings. The summed E-state index contributed by atoms with van der Waals surface area (Å²) < 4.78 is 12.1. The van der Waals surface area contributed by atoms with Crippen LogP contribution in [-0.2, 0) is 4.74 Å². The summed E-state index contributed by atoms with van der Waals surface area (Å²) in [5, 5.41) is 1.07. The Bertz CT molecular complexity index is 779. The van der Waals surface area contributed by atoms with Crippen LogP contribution in [0.1, 0.15) is 10.4 Å². The first-order chi connectivity index (χ1) is 9.26. The van der Waals surface area contributed by atoms with E-state index in [0.717, 1.165) is 20.3 Å². The summed E-state index contributed by atoms with van der Waals surface area (Å²) in [5.74, 6) is 0.0850. The SMILES string of the molecule is COC(=O)c1cnc2c(sc3ccccc32)c1OC. The molecule has 19 heavy (non-hydrogen) atoms. The van der Waals surface area contributed by atoms with E-state index in [0.29, 0.717) is 11.3 Å². The number of pyridine rings is 1. The summed E-state index contributed by atoms with van der Waals surface area (Å²) in [6.07, 6.45) is 1.51. The Labute approximate surface area is 113 Å². The molecule has 0 N–H and O–H groups in total. The van der Waals surface area contributed by atoms with Gasteiger partial charge in [0.2, 0.25) is 0 Å². The van der Waals surface area contributed by atoms with Crippen molar-refractivity contribution < 1.29 is 14.3 Å². The Morgan fingerprint density at radius 3 is 2.79 bits per heavy atom. The lowest BCUT2D eigenvalue weighted by molar-refractivity contribution is 0.0597. The van der Waals surface area contributed by atoms with Gasteiger partial charge in [-0.15, -0.1) is 11.3 Å². The van der Waals surface area contributed by atoms with Crippen molar-refractivity contribution in [3.8, 4) is 5.75 Å². The maximum Gasteiger partial charge on any atom is 0.343 e. The Morgan fingerprint density at radius 1 is 1.26 bits per heavy atom. The zero-order chi connectivity index (χ0) is 13.4. The van der Waals surface area contributed by atoms with E-state index in [1.165, 1.54) is 13.3 Å². The second-order valence-electron chi connectivity index (χ2n) is 3.97. The van der Waals surface area contributed by atoms with Crippen LogP contribution in [0.5, 0.6) is 5.75 Å². The van der Waals surface area contributed by atoms with Gasteiger partial charge in [0.05, 0.1) is 24.4 Å². The van der Waals surface area contributed by atoms with Crippen molar-refractivity contribution in [3.05, 3.63) is 36.0 Å². The number of carbonyl (C=O) groups excluding carboxylic acids is 1. The van der Waals surface area contributed by atoms with E-state index in [4.69, 9.17) is 9.47 Å². The molecule has 0 saturated heterocycles. The van der Waals surface area contributed by atoms with Gasteiger partial charge in [-0.1, -0.05) is 18.2 Å². The Kier molecular flexibility index (Phi) is 2.83. The van der Waals surface area contributed by atoms with Crippen molar-refractivity contribution in [2.45, 2.75) is 0 Å². The number of hydrogen-bond acceptors (Lipinski definition) is 5. The highest BCUT2D eigenvalue weighted by Crippen LogP contribution is 2.39. The fraction of sp³-hybridized carbons (Fsp3) is 0.143. The molecule has 2 aromatic heterocycles. The Balaban J connectivity index is 2.40. The summed E-state index contributed by atoms with van der Waals surface area (Å²) in [4.78, 5) is 16.1. The third kappa shape index (κ3) is 1.74. The average Bonchev–Trinajstić information content (AvgIpc) is 2.84. The fourth-order valence-corrected chi connectivity index (χ4v) is 3.27. The number of benzene rings is 1. The summed E-state index contributed by atoms with van der Waals surface area (Å²) in [6.45, 7) is 0. The van der Waals surface area contributed by atoms with Gasteiger partial charge in [0, 0.05) is 16.3 Å². The lowest BCUT2D eigenvalue weighted by Gasteiger charge is -2.06. The minimum absolute atomic E-state index is 0.351. The van der Waals surface area contributed by atoms with Crippen LogP contribution in [0.3, 0.4) is 0 Å². The number of hydrogen-bond donors (Lipinski definition) is 0. The number of rotatable bonds is 2. The van der Waals surface area contributed by atoms with E-state index >= 15 is 0 Å². The lowest BCUT2D eigenvalue weighted by Crippen LogP contribution is -2.04. The van der Waals surface area contributed by atoms with Gasteiger partial charge >= 0.3 is 5.97 Å². The van der Waals surface area contributed by atoms with Gasteiger partial charge in [-0.3, -0.25) is 4.98 Å². The summed E-state index contributed by atoms with van der Waals surface area (Å²) in [6, 6.07) is 7.99. The van der Waals surface area contributed by atoms with Gasteiger partial charge in [0.25, 0.3) is 0 Å². The molecule has 0 spiro atoms. The molecule has 0 radical (unpaired) electrons. The third-order valence-corrected chi connectivity index (χ3v) is 4.11. The minimum atomic E-state index is -0.441. The van der Waals surface area contributed by atoms with Gasteiger partial charge in [0.1, 0.15) is 5.56 Å². The average molecular weight is 273 g/mol. The van der Waals surface area contributed by atoms with E-state index in [1.54, 1.807) is 18.4 Å². The van der Waals surface area contributed by atoms with Crippen LogP contribution in [-0.4, -0.2) is 25.2 Å². The van der Waals surface area contributed by atoms with Crippen LogP contribution in [0.25, 0.3) is 20.3 Å². The number of aromatic nitrogens is 1. The highest BCUT2D eigenvalue weighted by molar-refractivity contribution is 7.26. The lowest BCUT2D eigenvalue weighted by atomic mass is 10.2. The molecular formula is C14H11NO3S. The number of carbonyl (C=O) groups is 1. The van der Waals surface area contributed by atoms with Gasteiger partial charge in [0.15, 0.2) is 5.75 Å². The molecule has 0 amide bonds. The number of ether oxygens (including phenoxy) is 2. The van der Waals surface area contributed by atoms with Crippen LogP contribution in [0.2, 0.25) is 0 Å². The Morgan fingerprint density at radius 2 is 2.05 bits per heavy atom. The molecule has 4 nitrogen and oxygen atoms in total. The molecule has 0 unspecified atom stereocenters. The minimum Gasteiger partial charge on any atom is -0.494 e. The first kappa shape index (κ1) is 11.9. The fourth-order valence-electron chi connectivity index (χ4n) is 2.08. The van der Waals surface area contributed by atoms with Crippen molar-refractivity contribution in [1.82, 2.24) is 4.98 Å². The van der Waals surface area contributed by atoms with Crippen molar-refractivity contribution in [1.29, 1.82) is 0 Å². The van der Waals surface area contributed by atoms with E-state index in [1.807, 2.05) is 24.3 Å². The van der Waals surface area contributed by atoms with E-state index in [9.17, 15) is 4.79 Å². The van der Waals surface area contributed by atoms with E-state index in [2.05, 4.69) is 4.98 Å². The molecule has 0 aliphatic heterocycles. The third-order valence-electron chi connectivity index (χ3n) is 2.95. The predicted molar refractivity (Wildman–Crippen MR) is 75.0 cm³/mol. The highest BCUT2D eigenvalue weighted by atomic mass is 32.1. The monoisotopic (exact) mass is 273 g/mol. The smallest absolute Gasteiger partial charge is 0.343 e. The van der Waals surface area contributed by atoms with Gasteiger partial charge in [-0.2, -0.15) is 0 Å².